The van der Waals surface area contributed by atoms with E-state index in [4.69, 9.17) is 14.2 Å². The van der Waals surface area contributed by atoms with Gasteiger partial charge in [0, 0.05) is 47.3 Å². The predicted octanol–water partition coefficient (Wildman–Crippen LogP) is 3.46. The molecule has 1 unspecified atom stereocenters. The highest BCUT2D eigenvalue weighted by Gasteiger charge is 2.60. The molecule has 12 heteroatoms. The van der Waals surface area contributed by atoms with E-state index >= 15 is 4.39 Å². The van der Waals surface area contributed by atoms with E-state index < -0.39 is 24.5 Å². The Kier molecular flexibility index (Phi) is 4.98. The average Bonchev–Trinajstić information content (AvgIpc) is 3.73. The lowest BCUT2D eigenvalue weighted by atomic mass is 9.95. The summed E-state index contributed by atoms with van der Waals surface area (Å²) in [4.78, 5) is 15.7. The second-order valence-electron chi connectivity index (χ2n) is 10.3. The fourth-order valence-corrected chi connectivity index (χ4v) is 6.67. The van der Waals surface area contributed by atoms with Crippen molar-refractivity contribution in [3.05, 3.63) is 71.7 Å². The number of hydrogen-bond donors (Lipinski definition) is 1. The Morgan fingerprint density at radius 3 is 2.49 bits per heavy atom. The minimum Gasteiger partial charge on any atom is -0.435 e. The van der Waals surface area contributed by atoms with Crippen LogP contribution in [-0.2, 0) is 9.47 Å². The fourth-order valence-electron chi connectivity index (χ4n) is 6.67. The number of aromatic nitrogens is 4. The zero-order valence-electron chi connectivity index (χ0n) is 20.3. The quantitative estimate of drug-likeness (QED) is 0.414. The molecule has 6 heterocycles. The number of hydrogen-bond acceptors (Lipinski definition) is 8. The van der Waals surface area contributed by atoms with Gasteiger partial charge in [-0.25, -0.2) is 19.3 Å². The summed E-state index contributed by atoms with van der Waals surface area (Å²) >= 11 is 0. The van der Waals surface area contributed by atoms with E-state index in [9.17, 15) is 13.9 Å². The number of nitrogens with zero attached hydrogens (tertiary/aromatic N) is 5. The van der Waals surface area contributed by atoms with Crippen molar-refractivity contribution in [1.82, 2.24) is 19.4 Å². The number of morpholine rings is 2. The van der Waals surface area contributed by atoms with Gasteiger partial charge in [0.1, 0.15) is 29.4 Å². The van der Waals surface area contributed by atoms with Gasteiger partial charge in [-0.2, -0.15) is 8.78 Å². The molecule has 1 aromatic carbocycles. The molecule has 0 radical (unpaired) electrons. The van der Waals surface area contributed by atoms with Crippen LogP contribution in [0.2, 0.25) is 0 Å². The van der Waals surface area contributed by atoms with Gasteiger partial charge >= 0.3 is 6.61 Å². The second kappa shape index (κ2) is 8.38. The van der Waals surface area contributed by atoms with Gasteiger partial charge in [0.05, 0.1) is 42.8 Å². The topological polar surface area (TPSA) is 94.2 Å². The molecule has 4 bridgehead atoms. The first kappa shape index (κ1) is 23.2. The summed E-state index contributed by atoms with van der Waals surface area (Å²) < 4.78 is 59.6. The SMILES string of the molecule is O[C@@H]1C[C@H](c2ccccc2OC(F)F)c2c1nc1cc(F)c(-c3cnc(N4[C@@H]5CO[C@H]6C5OC[C@H]64)nc3)cn21. The van der Waals surface area contributed by atoms with Crippen molar-refractivity contribution in [2.75, 3.05) is 18.1 Å². The summed E-state index contributed by atoms with van der Waals surface area (Å²) in [5, 5.41) is 10.8. The largest absolute Gasteiger partial charge is 0.435 e. The van der Waals surface area contributed by atoms with Gasteiger partial charge in [0.25, 0.3) is 0 Å². The first-order valence-electron chi connectivity index (χ1n) is 12.7. The molecule has 0 amide bonds. The molecule has 3 aromatic heterocycles. The summed E-state index contributed by atoms with van der Waals surface area (Å²) in [5.41, 5.74) is 2.52. The third-order valence-electron chi connectivity index (χ3n) is 8.29. The highest BCUT2D eigenvalue weighted by molar-refractivity contribution is 5.66. The highest BCUT2D eigenvalue weighted by Crippen LogP contribution is 2.47. The van der Waals surface area contributed by atoms with Crippen LogP contribution in [-0.4, -0.2) is 68.6 Å². The van der Waals surface area contributed by atoms with Crippen LogP contribution in [0.15, 0.2) is 48.9 Å². The van der Waals surface area contributed by atoms with Gasteiger partial charge in [-0.05, 0) is 12.5 Å². The summed E-state index contributed by atoms with van der Waals surface area (Å²) in [6.07, 6.45) is 4.13. The maximum atomic E-state index is 15.3. The molecule has 1 N–H and O–H groups in total. The molecule has 0 spiro atoms. The van der Waals surface area contributed by atoms with Crippen molar-refractivity contribution >= 4 is 11.6 Å². The summed E-state index contributed by atoms with van der Waals surface area (Å²) in [5.74, 6) is -0.422. The van der Waals surface area contributed by atoms with Crippen molar-refractivity contribution in [1.29, 1.82) is 0 Å². The summed E-state index contributed by atoms with van der Waals surface area (Å²) in [6.45, 7) is -1.87. The fraction of sp³-hybridized carbons (Fsp3) is 0.370. The molecule has 4 aliphatic rings. The number of fused-ring (bicyclic) bond motifs is 3. The lowest BCUT2D eigenvalue weighted by molar-refractivity contribution is -0.0506. The number of aliphatic hydroxyl groups excluding tert-OH is 1. The number of para-hydroxylation sites is 1. The summed E-state index contributed by atoms with van der Waals surface area (Å²) in [7, 11) is 0. The number of rotatable bonds is 5. The Morgan fingerprint density at radius 2 is 1.77 bits per heavy atom. The molecule has 9 nitrogen and oxygen atoms in total. The van der Waals surface area contributed by atoms with E-state index in [2.05, 4.69) is 19.9 Å². The van der Waals surface area contributed by atoms with Crippen molar-refractivity contribution in [2.24, 2.45) is 0 Å². The van der Waals surface area contributed by atoms with E-state index in [1.807, 2.05) is 0 Å². The van der Waals surface area contributed by atoms with Crippen LogP contribution in [0.1, 0.15) is 35.4 Å². The minimum atomic E-state index is -2.99. The molecule has 3 saturated heterocycles. The first-order chi connectivity index (χ1) is 19.0. The standard InChI is InChI=1S/C27H22F3N5O4/c28-16-6-21-33-22-19(36)5-14(13-3-1-2-4-20(13)39-26(29)30)23(22)34(21)9-15(16)12-7-31-27(32-8-12)35-17-10-37-25-18(35)11-38-24(17)25/h1-4,6-9,14,17-19,24-26,36H,5,10-11H2/t14-,17-,18-,19-,24-,25?/m1/s1. The third-order valence-corrected chi connectivity index (χ3v) is 8.29. The number of anilines is 1. The predicted molar refractivity (Wildman–Crippen MR) is 130 cm³/mol. The van der Waals surface area contributed by atoms with Crippen LogP contribution < -0.4 is 9.64 Å². The first-order valence-corrected chi connectivity index (χ1v) is 12.7. The Hall–Kier alpha value is -3.74. The molecular formula is C27H22F3N5O4. The zero-order valence-corrected chi connectivity index (χ0v) is 20.3. The monoisotopic (exact) mass is 537 g/mol. The van der Waals surface area contributed by atoms with Gasteiger partial charge in [0.2, 0.25) is 5.95 Å². The van der Waals surface area contributed by atoms with Gasteiger partial charge in [-0.1, -0.05) is 18.2 Å². The van der Waals surface area contributed by atoms with E-state index in [1.165, 1.54) is 12.1 Å². The van der Waals surface area contributed by atoms with Crippen molar-refractivity contribution in [3.63, 3.8) is 0 Å². The smallest absolute Gasteiger partial charge is 0.387 e. The molecule has 6 atom stereocenters. The zero-order chi connectivity index (χ0) is 26.4. The van der Waals surface area contributed by atoms with Gasteiger partial charge in [-0.3, -0.25) is 0 Å². The van der Waals surface area contributed by atoms with Crippen LogP contribution in [0.5, 0.6) is 5.75 Å². The van der Waals surface area contributed by atoms with E-state index in [0.717, 1.165) is 0 Å². The third kappa shape index (κ3) is 3.34. The Labute approximate surface area is 219 Å². The lowest BCUT2D eigenvalue weighted by Gasteiger charge is -2.35. The Morgan fingerprint density at radius 1 is 1.05 bits per heavy atom. The average molecular weight is 537 g/mol. The van der Waals surface area contributed by atoms with Crippen LogP contribution in [0.4, 0.5) is 19.1 Å². The van der Waals surface area contributed by atoms with Crippen molar-refractivity contribution in [2.45, 2.75) is 49.3 Å². The maximum Gasteiger partial charge on any atom is 0.387 e. The summed E-state index contributed by atoms with van der Waals surface area (Å²) in [6, 6.07) is 7.92. The van der Waals surface area contributed by atoms with Gasteiger partial charge < -0.3 is 28.6 Å². The Bertz CT molecular complexity index is 1580. The lowest BCUT2D eigenvalue weighted by Crippen LogP contribution is -2.50. The molecule has 3 aliphatic heterocycles. The maximum absolute atomic E-state index is 15.3. The Balaban J connectivity index is 1.18. The van der Waals surface area contributed by atoms with Crippen molar-refractivity contribution < 1.29 is 32.5 Å². The van der Waals surface area contributed by atoms with Crippen molar-refractivity contribution in [3.8, 4) is 16.9 Å². The number of halogens is 3. The van der Waals surface area contributed by atoms with Gasteiger partial charge in [-0.15, -0.1) is 0 Å². The number of benzene rings is 1. The van der Waals surface area contributed by atoms with Crippen LogP contribution in [0, 0.1) is 5.82 Å². The van der Waals surface area contributed by atoms with Crippen LogP contribution >= 0.6 is 0 Å². The van der Waals surface area contributed by atoms with Gasteiger partial charge in [0.15, 0.2) is 0 Å². The molecule has 3 fully saturated rings. The number of imidazole rings is 1. The minimum absolute atomic E-state index is 0.0268. The number of aliphatic hydroxyl groups is 1. The van der Waals surface area contributed by atoms with E-state index in [-0.39, 0.29) is 42.0 Å². The molecule has 200 valence electrons. The molecular weight excluding hydrogens is 515 g/mol. The molecule has 8 rings (SSSR count). The van der Waals surface area contributed by atoms with Crippen LogP contribution in [0.3, 0.4) is 0 Å². The highest BCUT2D eigenvalue weighted by atomic mass is 19.3. The van der Waals surface area contributed by atoms with E-state index in [1.54, 1.807) is 41.2 Å². The molecule has 1 aliphatic carbocycles. The molecule has 0 saturated carbocycles. The molecule has 39 heavy (non-hydrogen) atoms. The van der Waals surface area contributed by atoms with Crippen LogP contribution in [0.25, 0.3) is 16.8 Å². The van der Waals surface area contributed by atoms with E-state index in [0.29, 0.717) is 47.3 Å². The number of pyridine rings is 1. The number of alkyl halides is 2. The second-order valence-corrected chi connectivity index (χ2v) is 10.3. The number of ether oxygens (including phenoxy) is 3. The normalized spacial score (nSPS) is 28.7. The molecule has 4 aromatic rings.